The lowest BCUT2D eigenvalue weighted by Crippen LogP contribution is -1.95. The van der Waals surface area contributed by atoms with Gasteiger partial charge in [0.05, 0.1) is 21.3 Å². The molecule has 0 aliphatic heterocycles. The van der Waals surface area contributed by atoms with E-state index in [4.69, 9.17) is 24.5 Å². The normalized spacial score (nSPS) is 10.9. The fourth-order valence-corrected chi connectivity index (χ4v) is 1.89. The smallest absolute Gasteiger partial charge is 0.203 e. The lowest BCUT2D eigenvalue weighted by molar-refractivity contribution is 0.324. The van der Waals surface area contributed by atoms with Gasteiger partial charge < -0.3 is 24.5 Å². The van der Waals surface area contributed by atoms with E-state index >= 15 is 0 Å². The average molecular weight is 290 g/mol. The van der Waals surface area contributed by atoms with E-state index < -0.39 is 0 Å². The van der Waals surface area contributed by atoms with Crippen LogP contribution in [0.25, 0.3) is 12.2 Å². The molecule has 2 rings (SSSR count). The van der Waals surface area contributed by atoms with Crippen molar-refractivity contribution in [2.24, 2.45) is 0 Å². The van der Waals surface area contributed by atoms with Gasteiger partial charge in [-0.1, -0.05) is 11.2 Å². The SMILES string of the molecule is COc1cc(/C=C/c2noc(C)c2N)cc(OC)c1OC. The molecule has 0 atom stereocenters. The molecule has 0 bridgehead atoms. The van der Waals surface area contributed by atoms with Crippen molar-refractivity contribution in [1.29, 1.82) is 0 Å². The van der Waals surface area contributed by atoms with Crippen molar-refractivity contribution >= 4 is 17.8 Å². The van der Waals surface area contributed by atoms with Gasteiger partial charge >= 0.3 is 0 Å². The van der Waals surface area contributed by atoms with E-state index in [0.717, 1.165) is 5.56 Å². The maximum Gasteiger partial charge on any atom is 0.203 e. The Morgan fingerprint density at radius 3 is 2.10 bits per heavy atom. The summed E-state index contributed by atoms with van der Waals surface area (Å²) in [7, 11) is 4.71. The van der Waals surface area contributed by atoms with Crippen molar-refractivity contribution in [2.45, 2.75) is 6.92 Å². The number of nitrogens with zero attached hydrogens (tertiary/aromatic N) is 1. The average Bonchev–Trinajstić information content (AvgIpc) is 2.83. The summed E-state index contributed by atoms with van der Waals surface area (Å²) >= 11 is 0. The highest BCUT2D eigenvalue weighted by Gasteiger charge is 2.12. The highest BCUT2D eigenvalue weighted by Crippen LogP contribution is 2.38. The molecular formula is C15H18N2O4. The fraction of sp³-hybridized carbons (Fsp3) is 0.267. The summed E-state index contributed by atoms with van der Waals surface area (Å²) in [4.78, 5) is 0. The Hall–Kier alpha value is -2.63. The molecule has 6 nitrogen and oxygen atoms in total. The Bertz CT molecular complexity index is 637. The molecule has 0 spiro atoms. The summed E-state index contributed by atoms with van der Waals surface area (Å²) in [5.74, 6) is 2.31. The van der Waals surface area contributed by atoms with E-state index in [1.807, 2.05) is 18.2 Å². The van der Waals surface area contributed by atoms with Crippen molar-refractivity contribution in [2.75, 3.05) is 27.1 Å². The molecule has 1 aromatic carbocycles. The van der Waals surface area contributed by atoms with Gasteiger partial charge in [-0.05, 0) is 30.7 Å². The van der Waals surface area contributed by atoms with Crippen molar-refractivity contribution < 1.29 is 18.7 Å². The molecule has 112 valence electrons. The zero-order chi connectivity index (χ0) is 15.4. The zero-order valence-electron chi connectivity index (χ0n) is 12.5. The minimum atomic E-state index is 0.527. The van der Waals surface area contributed by atoms with E-state index in [2.05, 4.69) is 5.16 Å². The number of hydrogen-bond acceptors (Lipinski definition) is 6. The van der Waals surface area contributed by atoms with Crippen molar-refractivity contribution in [1.82, 2.24) is 5.16 Å². The van der Waals surface area contributed by atoms with Crippen LogP contribution in [0.5, 0.6) is 17.2 Å². The molecule has 0 radical (unpaired) electrons. The molecule has 0 fully saturated rings. The Balaban J connectivity index is 2.38. The lowest BCUT2D eigenvalue weighted by atomic mass is 10.1. The number of ether oxygens (including phenoxy) is 3. The van der Waals surface area contributed by atoms with Crippen LogP contribution in [-0.4, -0.2) is 26.5 Å². The number of benzene rings is 1. The first kappa shape index (κ1) is 14.8. The molecule has 21 heavy (non-hydrogen) atoms. The summed E-state index contributed by atoms with van der Waals surface area (Å²) in [6.45, 7) is 1.76. The number of rotatable bonds is 5. The molecule has 0 saturated carbocycles. The van der Waals surface area contributed by atoms with E-state index in [1.165, 1.54) is 0 Å². The van der Waals surface area contributed by atoms with Crippen LogP contribution in [0.4, 0.5) is 5.69 Å². The molecule has 2 aromatic rings. The summed E-state index contributed by atoms with van der Waals surface area (Å²) in [6.07, 6.45) is 3.62. The minimum absolute atomic E-state index is 0.527. The zero-order valence-corrected chi connectivity index (χ0v) is 12.5. The maximum absolute atomic E-state index is 5.85. The van der Waals surface area contributed by atoms with Crippen LogP contribution < -0.4 is 19.9 Å². The van der Waals surface area contributed by atoms with Crippen LogP contribution in [0.2, 0.25) is 0 Å². The van der Waals surface area contributed by atoms with Crippen LogP contribution in [0.1, 0.15) is 17.0 Å². The van der Waals surface area contributed by atoms with Gasteiger partial charge in [-0.15, -0.1) is 0 Å². The van der Waals surface area contributed by atoms with Gasteiger partial charge in [0.2, 0.25) is 5.75 Å². The van der Waals surface area contributed by atoms with Crippen molar-refractivity contribution in [3.63, 3.8) is 0 Å². The summed E-state index contributed by atoms with van der Waals surface area (Å²) in [6, 6.07) is 3.67. The number of aryl methyl sites for hydroxylation is 1. The molecule has 0 saturated heterocycles. The number of hydrogen-bond donors (Lipinski definition) is 1. The highest BCUT2D eigenvalue weighted by molar-refractivity contribution is 5.75. The topological polar surface area (TPSA) is 79.7 Å². The van der Waals surface area contributed by atoms with Gasteiger partial charge in [-0.25, -0.2) is 0 Å². The van der Waals surface area contributed by atoms with Gasteiger partial charge in [0.15, 0.2) is 17.3 Å². The summed E-state index contributed by atoms with van der Waals surface area (Å²) in [5.41, 5.74) is 7.82. The number of methoxy groups -OCH3 is 3. The first-order chi connectivity index (χ1) is 10.1. The van der Waals surface area contributed by atoms with E-state index in [1.54, 1.807) is 34.3 Å². The van der Waals surface area contributed by atoms with Crippen LogP contribution >= 0.6 is 0 Å². The second-order valence-electron chi connectivity index (χ2n) is 4.33. The first-order valence-corrected chi connectivity index (χ1v) is 6.30. The second-order valence-corrected chi connectivity index (χ2v) is 4.33. The standard InChI is InChI=1S/C15H18N2O4/c1-9-14(16)11(17-21-9)6-5-10-7-12(18-2)15(20-4)13(8-10)19-3/h5-8H,16H2,1-4H3/b6-5+. The van der Waals surface area contributed by atoms with Crippen molar-refractivity contribution in [3.05, 3.63) is 29.2 Å². The molecule has 2 N–H and O–H groups in total. The summed E-state index contributed by atoms with van der Waals surface area (Å²) < 4.78 is 20.9. The van der Waals surface area contributed by atoms with Crippen LogP contribution in [-0.2, 0) is 0 Å². The lowest BCUT2D eigenvalue weighted by Gasteiger charge is -2.12. The number of anilines is 1. The Morgan fingerprint density at radius 2 is 1.67 bits per heavy atom. The first-order valence-electron chi connectivity index (χ1n) is 6.30. The fourth-order valence-electron chi connectivity index (χ4n) is 1.89. The molecule has 1 heterocycles. The maximum atomic E-state index is 5.85. The van der Waals surface area contributed by atoms with Crippen LogP contribution in [0, 0.1) is 6.92 Å². The molecule has 1 aromatic heterocycles. The summed E-state index contributed by atoms with van der Waals surface area (Å²) in [5, 5.41) is 3.88. The van der Waals surface area contributed by atoms with E-state index in [9.17, 15) is 0 Å². The predicted octanol–water partition coefficient (Wildman–Crippen LogP) is 2.76. The molecular weight excluding hydrogens is 272 g/mol. The van der Waals surface area contributed by atoms with Gasteiger partial charge in [0.25, 0.3) is 0 Å². The number of aromatic nitrogens is 1. The monoisotopic (exact) mass is 290 g/mol. The third kappa shape index (κ3) is 2.94. The Kier molecular flexibility index (Phi) is 4.37. The highest BCUT2D eigenvalue weighted by atomic mass is 16.5. The molecule has 0 unspecified atom stereocenters. The van der Waals surface area contributed by atoms with Gasteiger partial charge in [-0.3, -0.25) is 0 Å². The number of nitrogen functional groups attached to an aromatic ring is 1. The van der Waals surface area contributed by atoms with Crippen molar-refractivity contribution in [3.8, 4) is 17.2 Å². The predicted molar refractivity (Wildman–Crippen MR) is 80.7 cm³/mol. The molecule has 6 heteroatoms. The van der Waals surface area contributed by atoms with E-state index in [-0.39, 0.29) is 0 Å². The largest absolute Gasteiger partial charge is 0.493 e. The van der Waals surface area contributed by atoms with Gasteiger partial charge in [0, 0.05) is 0 Å². The Labute approximate surface area is 123 Å². The van der Waals surface area contributed by atoms with Gasteiger partial charge in [0.1, 0.15) is 11.4 Å². The van der Waals surface area contributed by atoms with Crippen LogP contribution in [0.15, 0.2) is 16.7 Å². The van der Waals surface area contributed by atoms with Crippen LogP contribution in [0.3, 0.4) is 0 Å². The molecule has 0 aliphatic carbocycles. The third-order valence-electron chi connectivity index (χ3n) is 3.06. The minimum Gasteiger partial charge on any atom is -0.493 e. The van der Waals surface area contributed by atoms with E-state index in [0.29, 0.717) is 34.4 Å². The molecule has 0 amide bonds. The Morgan fingerprint density at radius 1 is 1.05 bits per heavy atom. The second kappa shape index (κ2) is 6.21. The quantitative estimate of drug-likeness (QED) is 0.912. The molecule has 0 aliphatic rings. The third-order valence-corrected chi connectivity index (χ3v) is 3.06. The van der Waals surface area contributed by atoms with Gasteiger partial charge in [-0.2, -0.15) is 0 Å². The number of nitrogens with two attached hydrogens (primary N) is 1.